The second-order valence-corrected chi connectivity index (χ2v) is 11.2. The molecule has 0 saturated carbocycles. The van der Waals surface area contributed by atoms with Crippen LogP contribution in [0.1, 0.15) is 56.5 Å². The van der Waals surface area contributed by atoms with Crippen molar-refractivity contribution in [2.24, 2.45) is 0 Å². The summed E-state index contributed by atoms with van der Waals surface area (Å²) < 4.78 is 33.6. The molecule has 7 heteroatoms. The SMILES string of the molecule is Cc1ccc(-c2noc([C@@H]3CCCN(S(=O)(=O)c4ccc(C(C)(C)C)cc4)C3)n2)cc1. The molecule has 2 aromatic carbocycles. The molecule has 1 atom stereocenters. The Balaban J connectivity index is 1.52. The summed E-state index contributed by atoms with van der Waals surface area (Å²) in [5.41, 5.74) is 3.14. The van der Waals surface area contributed by atoms with Crippen molar-refractivity contribution in [1.82, 2.24) is 14.4 Å². The molecule has 0 N–H and O–H groups in total. The Morgan fingerprint density at radius 2 is 1.71 bits per heavy atom. The smallest absolute Gasteiger partial charge is 0.243 e. The number of aryl methyl sites for hydroxylation is 1. The number of rotatable bonds is 4. The molecule has 0 spiro atoms. The van der Waals surface area contributed by atoms with Gasteiger partial charge in [-0.2, -0.15) is 9.29 Å². The summed E-state index contributed by atoms with van der Waals surface area (Å²) in [6, 6.07) is 15.2. The maximum Gasteiger partial charge on any atom is 0.243 e. The highest BCUT2D eigenvalue weighted by Gasteiger charge is 2.33. The topological polar surface area (TPSA) is 76.3 Å². The van der Waals surface area contributed by atoms with E-state index in [0.29, 0.717) is 29.7 Å². The Morgan fingerprint density at radius 3 is 2.35 bits per heavy atom. The van der Waals surface area contributed by atoms with E-state index >= 15 is 0 Å². The molecule has 2 heterocycles. The van der Waals surface area contributed by atoms with Gasteiger partial charge in [-0.3, -0.25) is 0 Å². The molecule has 4 rings (SSSR count). The van der Waals surface area contributed by atoms with Gasteiger partial charge in [0.05, 0.1) is 10.8 Å². The van der Waals surface area contributed by atoms with E-state index in [1.807, 2.05) is 43.3 Å². The van der Waals surface area contributed by atoms with Crippen LogP contribution in [0.5, 0.6) is 0 Å². The summed E-state index contributed by atoms with van der Waals surface area (Å²) in [6.45, 7) is 9.21. The van der Waals surface area contributed by atoms with E-state index in [-0.39, 0.29) is 11.3 Å². The molecule has 164 valence electrons. The molecule has 0 aliphatic carbocycles. The number of sulfonamides is 1. The lowest BCUT2D eigenvalue weighted by Crippen LogP contribution is -2.39. The van der Waals surface area contributed by atoms with Gasteiger partial charge in [0, 0.05) is 18.7 Å². The summed E-state index contributed by atoms with van der Waals surface area (Å²) in [5.74, 6) is 0.926. The zero-order valence-corrected chi connectivity index (χ0v) is 19.3. The monoisotopic (exact) mass is 439 g/mol. The molecular weight excluding hydrogens is 410 g/mol. The van der Waals surface area contributed by atoms with Crippen molar-refractivity contribution >= 4 is 10.0 Å². The molecule has 1 fully saturated rings. The molecule has 1 saturated heterocycles. The van der Waals surface area contributed by atoms with E-state index in [4.69, 9.17) is 4.52 Å². The van der Waals surface area contributed by atoms with Crippen molar-refractivity contribution in [3.63, 3.8) is 0 Å². The van der Waals surface area contributed by atoms with E-state index in [9.17, 15) is 8.42 Å². The van der Waals surface area contributed by atoms with Gasteiger partial charge < -0.3 is 4.52 Å². The van der Waals surface area contributed by atoms with E-state index in [2.05, 4.69) is 30.9 Å². The third kappa shape index (κ3) is 4.57. The van der Waals surface area contributed by atoms with Crippen molar-refractivity contribution in [2.45, 2.75) is 56.8 Å². The van der Waals surface area contributed by atoms with Gasteiger partial charge in [-0.15, -0.1) is 0 Å². The summed E-state index contributed by atoms with van der Waals surface area (Å²) >= 11 is 0. The Hall–Kier alpha value is -2.51. The first kappa shape index (κ1) is 21.7. The van der Waals surface area contributed by atoms with Crippen LogP contribution in [-0.4, -0.2) is 36.0 Å². The zero-order chi connectivity index (χ0) is 22.2. The van der Waals surface area contributed by atoms with Crippen LogP contribution in [0.4, 0.5) is 0 Å². The van der Waals surface area contributed by atoms with Crippen LogP contribution in [0.25, 0.3) is 11.4 Å². The number of piperidine rings is 1. The molecule has 6 nitrogen and oxygen atoms in total. The molecule has 0 bridgehead atoms. The summed E-state index contributed by atoms with van der Waals surface area (Å²) in [6.07, 6.45) is 1.58. The molecule has 0 unspecified atom stereocenters. The van der Waals surface area contributed by atoms with Gasteiger partial charge in [0.15, 0.2) is 0 Å². The third-order valence-corrected chi connectivity index (χ3v) is 7.72. The van der Waals surface area contributed by atoms with Crippen LogP contribution in [0.2, 0.25) is 0 Å². The van der Waals surface area contributed by atoms with Gasteiger partial charge in [-0.25, -0.2) is 8.42 Å². The summed E-state index contributed by atoms with van der Waals surface area (Å²) in [4.78, 5) is 4.89. The lowest BCUT2D eigenvalue weighted by Gasteiger charge is -2.30. The zero-order valence-electron chi connectivity index (χ0n) is 18.5. The number of benzene rings is 2. The lowest BCUT2D eigenvalue weighted by molar-refractivity contribution is 0.265. The van der Waals surface area contributed by atoms with E-state index in [1.165, 1.54) is 0 Å². The highest BCUT2D eigenvalue weighted by Crippen LogP contribution is 2.31. The minimum Gasteiger partial charge on any atom is -0.339 e. The van der Waals surface area contributed by atoms with Gasteiger partial charge in [0.25, 0.3) is 0 Å². The van der Waals surface area contributed by atoms with Crippen LogP contribution in [0, 0.1) is 6.92 Å². The highest BCUT2D eigenvalue weighted by molar-refractivity contribution is 7.89. The maximum atomic E-state index is 13.2. The van der Waals surface area contributed by atoms with Gasteiger partial charge in [-0.1, -0.05) is 67.9 Å². The van der Waals surface area contributed by atoms with E-state index in [1.54, 1.807) is 16.4 Å². The average molecular weight is 440 g/mol. The first-order chi connectivity index (χ1) is 14.6. The second kappa shape index (κ2) is 8.20. The van der Waals surface area contributed by atoms with Gasteiger partial charge >= 0.3 is 0 Å². The van der Waals surface area contributed by atoms with Gasteiger partial charge in [0.1, 0.15) is 0 Å². The van der Waals surface area contributed by atoms with Crippen LogP contribution in [-0.2, 0) is 15.4 Å². The summed E-state index contributed by atoms with van der Waals surface area (Å²) in [7, 11) is -3.57. The van der Waals surface area contributed by atoms with E-state index < -0.39 is 10.0 Å². The van der Waals surface area contributed by atoms with Crippen molar-refractivity contribution in [1.29, 1.82) is 0 Å². The molecular formula is C24H29N3O3S. The standard InChI is InChI=1S/C24H29N3O3S/c1-17-7-9-18(10-8-17)22-25-23(30-26-22)19-6-5-15-27(16-19)31(28,29)21-13-11-20(12-14-21)24(2,3)4/h7-14,19H,5-6,15-16H2,1-4H3/t19-/m1/s1. The fraction of sp³-hybridized carbons (Fsp3) is 0.417. The van der Waals surface area contributed by atoms with Crippen molar-refractivity contribution < 1.29 is 12.9 Å². The minimum atomic E-state index is -3.57. The second-order valence-electron chi connectivity index (χ2n) is 9.30. The third-order valence-electron chi connectivity index (χ3n) is 5.84. The Kier molecular flexibility index (Phi) is 5.75. The number of hydrogen-bond acceptors (Lipinski definition) is 5. The van der Waals surface area contributed by atoms with Crippen LogP contribution < -0.4 is 0 Å². The predicted octanol–water partition coefficient (Wildman–Crippen LogP) is 4.91. The molecule has 1 aromatic heterocycles. The first-order valence-corrected chi connectivity index (χ1v) is 12.1. The average Bonchev–Trinajstić information content (AvgIpc) is 3.24. The highest BCUT2D eigenvalue weighted by atomic mass is 32.2. The van der Waals surface area contributed by atoms with Crippen molar-refractivity contribution in [2.75, 3.05) is 13.1 Å². The normalized spacial score (nSPS) is 18.3. The first-order valence-electron chi connectivity index (χ1n) is 10.7. The van der Waals surface area contributed by atoms with Crippen molar-refractivity contribution in [3.05, 3.63) is 65.5 Å². The Morgan fingerprint density at radius 1 is 1.03 bits per heavy atom. The molecule has 1 aliphatic heterocycles. The fourth-order valence-corrected chi connectivity index (χ4v) is 5.38. The Labute approximate surface area is 184 Å². The summed E-state index contributed by atoms with van der Waals surface area (Å²) in [5, 5.41) is 4.12. The lowest BCUT2D eigenvalue weighted by atomic mass is 9.87. The predicted molar refractivity (Wildman–Crippen MR) is 120 cm³/mol. The fourth-order valence-electron chi connectivity index (χ4n) is 3.86. The molecule has 0 radical (unpaired) electrons. The minimum absolute atomic E-state index is 0.0222. The van der Waals surface area contributed by atoms with Crippen LogP contribution in [0.15, 0.2) is 57.9 Å². The molecule has 3 aromatic rings. The molecule has 0 amide bonds. The number of aromatic nitrogens is 2. The van der Waals surface area contributed by atoms with Gasteiger partial charge in [-0.05, 0) is 42.9 Å². The van der Waals surface area contributed by atoms with Crippen LogP contribution in [0.3, 0.4) is 0 Å². The molecule has 31 heavy (non-hydrogen) atoms. The van der Waals surface area contributed by atoms with E-state index in [0.717, 1.165) is 29.5 Å². The largest absolute Gasteiger partial charge is 0.339 e. The quantitative estimate of drug-likeness (QED) is 0.577. The van der Waals surface area contributed by atoms with Crippen molar-refractivity contribution in [3.8, 4) is 11.4 Å². The maximum absolute atomic E-state index is 13.2. The Bertz CT molecular complexity index is 1140. The molecule has 1 aliphatic rings. The van der Waals surface area contributed by atoms with Crippen LogP contribution >= 0.6 is 0 Å². The van der Waals surface area contributed by atoms with Gasteiger partial charge in [0.2, 0.25) is 21.7 Å². The number of hydrogen-bond donors (Lipinski definition) is 0. The number of nitrogens with zero attached hydrogens (tertiary/aromatic N) is 3.